The van der Waals surface area contributed by atoms with Crippen LogP contribution in [0.5, 0.6) is 0 Å². The molecule has 43 heteroatoms. The molecule has 16 bridgehead atoms. The second-order valence-corrected chi connectivity index (χ2v) is 26.2. The summed E-state index contributed by atoms with van der Waals surface area (Å²) in [5.74, 6) is -1.57. The van der Waals surface area contributed by atoms with Crippen molar-refractivity contribution in [1.82, 2.24) is 0 Å². The van der Waals surface area contributed by atoms with Gasteiger partial charge >= 0.3 is 29.6 Å². The van der Waals surface area contributed by atoms with Crippen molar-refractivity contribution in [2.24, 2.45) is 0 Å². The third-order valence-corrected chi connectivity index (χ3v) is 19.8. The Morgan fingerprint density at radius 1 is 0.290 bits per heavy atom. The van der Waals surface area contributed by atoms with Crippen LogP contribution in [0.4, 0.5) is 0 Å². The van der Waals surface area contributed by atoms with E-state index in [9.17, 15) is 127 Å². The van der Waals surface area contributed by atoms with Crippen LogP contribution in [0, 0.1) is 0 Å². The average Bonchev–Trinajstić information content (AvgIpc) is 0.778. The largest absolute Gasteiger partial charge is 1.00 e. The summed E-state index contributed by atoms with van der Waals surface area (Å²) in [5, 5.41) is 270. The molecule has 100 heavy (non-hydrogen) atoms. The van der Waals surface area contributed by atoms with Crippen molar-refractivity contribution in [2.45, 2.75) is 263 Å². The number of carboxylic acids is 1. The van der Waals surface area contributed by atoms with Crippen molar-refractivity contribution >= 4 is 17.7 Å². The number of rotatable bonds is 13. The van der Waals surface area contributed by atoms with Crippen LogP contribution >= 0.6 is 11.8 Å². The number of ether oxygens (including phenoxy) is 16. The Bertz CT molecular complexity index is 2660. The van der Waals surface area contributed by atoms with Gasteiger partial charge in [-0.05, 0) is 30.5 Å². The second kappa shape index (κ2) is 36.1. The predicted molar refractivity (Wildman–Crippen MR) is 304 cm³/mol. The van der Waals surface area contributed by atoms with Crippen molar-refractivity contribution in [1.29, 1.82) is 0 Å². The molecule has 568 valence electrons. The van der Waals surface area contributed by atoms with E-state index in [1.807, 2.05) is 0 Å². The van der Waals surface area contributed by atoms with Crippen LogP contribution in [0.1, 0.15) is 12.0 Å². The van der Waals surface area contributed by atoms with Crippen LogP contribution in [-0.4, -0.2) is 421 Å². The fourth-order valence-electron chi connectivity index (χ4n) is 13.1. The van der Waals surface area contributed by atoms with Gasteiger partial charge in [-0.2, -0.15) is 0 Å². The Morgan fingerprint density at radius 2 is 0.470 bits per heavy atom. The van der Waals surface area contributed by atoms with Crippen LogP contribution in [0.2, 0.25) is 0 Å². The predicted octanol–water partition coefficient (Wildman–Crippen LogP) is -18.9. The Kier molecular flexibility index (Phi) is 29.8. The van der Waals surface area contributed by atoms with Crippen LogP contribution in [-0.2, 0) is 87.0 Å². The molecule has 0 unspecified atom stereocenters. The topological polar surface area (TPSA) is 653 Å². The van der Waals surface area contributed by atoms with E-state index in [1.54, 1.807) is 24.3 Å². The summed E-state index contributed by atoms with van der Waals surface area (Å²) in [4.78, 5) is 11.6. The molecule has 0 saturated carbocycles. The van der Waals surface area contributed by atoms with Gasteiger partial charge in [0, 0.05) is 16.6 Å². The normalized spacial score (nSPS) is 50.0. The first kappa shape index (κ1) is 82.5. The van der Waals surface area contributed by atoms with E-state index in [2.05, 4.69) is 0 Å². The number of aliphatic hydroxyl groups is 23. The van der Waals surface area contributed by atoms with Crippen molar-refractivity contribution < 1.29 is 233 Å². The van der Waals surface area contributed by atoms with Crippen molar-refractivity contribution in [3.63, 3.8) is 0 Å². The van der Waals surface area contributed by atoms with E-state index < -0.39 is 298 Å². The third kappa shape index (κ3) is 17.5. The fourth-order valence-corrected chi connectivity index (χ4v) is 14.0. The number of aryl methyl sites for hydroxylation is 1. The first-order valence-electron chi connectivity index (χ1n) is 31.7. The van der Waals surface area contributed by atoms with Gasteiger partial charge in [0.1, 0.15) is 189 Å². The van der Waals surface area contributed by atoms with Crippen molar-refractivity contribution in [3.05, 3.63) is 29.8 Å². The number of carbonyl (C=O) groups excluding carboxylic acids is 1. The zero-order valence-electron chi connectivity index (χ0n) is 53.0. The molecule has 30 fully saturated rings. The SMILES string of the molecule is O=C([O-])CCc1ccc(SC[C@H]2O[C@@H]3O[C@H]4[C@H](O)[C@@H](O)[C@@H](O[C@H]5[C@H](O)[C@@H](O)[C@@H](O[C@H]6[C@H](O)[C@@H](O)[C@@H](O[C@H]7[C@H](O)[C@@H](O)[C@@H](O[C@H]8[C@H](O)[C@@H](O)[C@@H](O[C@H]9[C@H](O)[C@@H](O)[C@@H](O[C@H]%10[C@H](O)[C@@H](O)[C@@H](O[C@H]2[C@H](O)[C@H]3O)O[C@@H]%10CO)O[C@@H]9CO)O[C@@H]8CO)O[C@@H]7CO)O[C@@H]6CO)O[C@@H]5CO)O[C@@H]4CO)cc1.[Na+]. The maximum Gasteiger partial charge on any atom is 1.00 e. The third-order valence-electron chi connectivity index (χ3n) is 18.7. The Hall–Kier alpha value is -1.52. The van der Waals surface area contributed by atoms with Crippen molar-refractivity contribution in [2.75, 3.05) is 52.0 Å². The number of hydrogen-bond acceptors (Lipinski definition) is 42. The van der Waals surface area contributed by atoms with Gasteiger partial charge < -0.3 is 203 Å². The van der Waals surface area contributed by atoms with Gasteiger partial charge in [0.05, 0.1) is 52.4 Å². The molecule has 23 N–H and O–H groups in total. The summed E-state index contributed by atoms with van der Waals surface area (Å²) in [5.41, 5.74) is 0.608. The van der Waals surface area contributed by atoms with Crippen LogP contribution in [0.15, 0.2) is 29.2 Å². The number of carboxylic acid groups (broad SMARTS) is 1. The summed E-state index contributed by atoms with van der Waals surface area (Å²) in [6.07, 6.45) is -82.2. The number of aliphatic hydroxyl groups excluding tert-OH is 23. The van der Waals surface area contributed by atoms with E-state index in [4.69, 9.17) is 75.8 Å². The zero-order chi connectivity index (χ0) is 71.7. The molecule has 30 saturated heterocycles. The first-order valence-corrected chi connectivity index (χ1v) is 32.7. The second-order valence-electron chi connectivity index (χ2n) is 25.1. The summed E-state index contributed by atoms with van der Waals surface area (Å²) in [6.45, 7) is -7.62. The Morgan fingerprint density at radius 3 is 0.650 bits per heavy atom. The van der Waals surface area contributed by atoms with Gasteiger partial charge in [0.2, 0.25) is 0 Å². The summed E-state index contributed by atoms with van der Waals surface area (Å²) in [7, 11) is 0. The number of thioether (sulfide) groups is 1. The number of hydrogen-bond donors (Lipinski definition) is 23. The quantitative estimate of drug-likeness (QED) is 0.0644. The molecule has 1 aromatic carbocycles. The molecule has 30 heterocycles. The molecule has 0 spiro atoms. The number of carbonyl (C=O) groups is 1. The van der Waals surface area contributed by atoms with E-state index >= 15 is 0 Å². The van der Waals surface area contributed by atoms with Crippen LogP contribution < -0.4 is 34.7 Å². The minimum atomic E-state index is -2.27. The average molecular weight is 1480 g/mol. The molecule has 0 aromatic heterocycles. The minimum Gasteiger partial charge on any atom is -0.550 e. The monoisotopic (exact) mass is 1480 g/mol. The molecule has 30 aliphatic rings. The van der Waals surface area contributed by atoms with E-state index in [0.29, 0.717) is 10.5 Å². The summed E-state index contributed by atoms with van der Waals surface area (Å²) < 4.78 is 93.1. The van der Waals surface area contributed by atoms with Gasteiger partial charge in [-0.25, -0.2) is 0 Å². The molecule has 30 aliphatic heterocycles. The molecule has 0 radical (unpaired) electrons. The molecule has 31 rings (SSSR count). The summed E-state index contributed by atoms with van der Waals surface area (Å²) in [6, 6.07) is 6.41. The molecule has 1 aromatic rings. The fraction of sp³-hybridized carbons (Fsp3) is 0.877. The van der Waals surface area contributed by atoms with Gasteiger partial charge in [-0.3, -0.25) is 0 Å². The Balaban J connectivity index is 0.0000117. The Labute approximate surface area is 593 Å². The smallest absolute Gasteiger partial charge is 0.550 e. The maximum atomic E-state index is 11.9. The molecule has 40 atom stereocenters. The van der Waals surface area contributed by atoms with Gasteiger partial charge in [0.25, 0.3) is 0 Å². The number of aliphatic carboxylic acids is 1. The molecule has 0 aliphatic carbocycles. The zero-order valence-corrected chi connectivity index (χ0v) is 55.8. The van der Waals surface area contributed by atoms with Gasteiger partial charge in [0.15, 0.2) is 50.3 Å². The number of benzene rings is 1. The first-order chi connectivity index (χ1) is 47.2. The van der Waals surface area contributed by atoms with E-state index in [-0.39, 0.29) is 48.2 Å². The molecular formula is C57H87NaO41S. The van der Waals surface area contributed by atoms with Crippen LogP contribution in [0.3, 0.4) is 0 Å². The van der Waals surface area contributed by atoms with Gasteiger partial charge in [-0.1, -0.05) is 12.1 Å². The molecular weight excluding hydrogens is 1400 g/mol. The molecule has 41 nitrogen and oxygen atoms in total. The molecule has 0 amide bonds. The van der Waals surface area contributed by atoms with E-state index in [0.717, 1.165) is 11.8 Å². The maximum absolute atomic E-state index is 11.9. The summed E-state index contributed by atoms with van der Waals surface area (Å²) >= 11 is 1.02. The van der Waals surface area contributed by atoms with Crippen LogP contribution in [0.25, 0.3) is 0 Å². The van der Waals surface area contributed by atoms with E-state index in [1.165, 1.54) is 0 Å². The standard InChI is InChI=1S/C57H88O41S.Na/c58-7-17-42-26(67)34(75)50(83-17)92-43-18(8-59)85-52(36(77)28(43)69)94-45-20(10-61)87-54(38(79)30(45)71)96-47-22(12-63)89-56(40(81)32(47)73)98-49-24(14-99-16-4-1-15(2-5-16)3-6-25(65)66)90-57(41(82)33(49)74)97-48-23(13-64)88-55(39(80)31(48)72)95-46-21(11-62)86-53(37(78)29(46)70)93-44-19(9-60)84-51(91-42)35(76)27(44)68;/h1-2,4-5,17-24,26-64,67-82H,3,6-14H2,(H,65,66);/q;+1/p-1/t17-,18-,19-,20-,21-,22-,23-,24-,26-,27-,28-,29-,30-,31-,32-,33-,34-,35-,36-,37-,38-,39-,40-,41-,42-,43-,44-,45-,46-,47-,48-,49-,50-,51-,52-,53-,54-,55-,56-,57-;/m1./s1. The van der Waals surface area contributed by atoms with Gasteiger partial charge in [-0.15, -0.1) is 11.8 Å². The minimum absolute atomic E-state index is 0. The van der Waals surface area contributed by atoms with Crippen molar-refractivity contribution in [3.8, 4) is 0 Å².